The summed E-state index contributed by atoms with van der Waals surface area (Å²) in [6.45, 7) is 1.89. The monoisotopic (exact) mass is 399 g/mol. The van der Waals surface area contributed by atoms with Crippen molar-refractivity contribution in [2.75, 3.05) is 6.61 Å². The van der Waals surface area contributed by atoms with E-state index < -0.39 is 30.6 Å². The smallest absolute Gasteiger partial charge is 0.422 e. The lowest BCUT2D eigenvalue weighted by Crippen LogP contribution is -2.49. The molecule has 2 heterocycles. The molecule has 7 nitrogen and oxygen atoms in total. The topological polar surface area (TPSA) is 93.5 Å². The second-order valence-corrected chi connectivity index (χ2v) is 6.26. The van der Waals surface area contributed by atoms with E-state index in [4.69, 9.17) is 4.42 Å². The Hall–Kier alpha value is -3.04. The average Bonchev–Trinajstić information content (AvgIpc) is 3.17. The highest BCUT2D eigenvalue weighted by molar-refractivity contribution is 5.95. The Morgan fingerprint density at radius 3 is 2.61 bits per heavy atom. The fraction of sp³-hybridized carbons (Fsp3) is 0.389. The number of halogens is 3. The van der Waals surface area contributed by atoms with Crippen molar-refractivity contribution in [1.29, 1.82) is 0 Å². The highest BCUT2D eigenvalue weighted by Gasteiger charge is 2.29. The molecule has 2 rings (SSSR count). The summed E-state index contributed by atoms with van der Waals surface area (Å²) in [6.07, 6.45) is -1.88. The maximum Gasteiger partial charge on any atom is 0.422 e. The summed E-state index contributed by atoms with van der Waals surface area (Å²) >= 11 is 0. The maximum atomic E-state index is 12.5. The molecule has 10 heteroatoms. The van der Waals surface area contributed by atoms with Crippen molar-refractivity contribution < 1.29 is 31.9 Å². The normalized spacial score (nSPS) is 12.5. The molecule has 0 saturated carbocycles. The number of nitrogens with zero attached hydrogens (tertiary/aromatic N) is 1. The minimum Gasteiger partial charge on any atom is -0.468 e. The van der Waals surface area contributed by atoms with E-state index >= 15 is 0 Å². The van der Waals surface area contributed by atoms with E-state index in [1.165, 1.54) is 30.7 Å². The van der Waals surface area contributed by atoms with Crippen LogP contribution in [0.5, 0.6) is 5.88 Å². The second-order valence-electron chi connectivity index (χ2n) is 6.26. The number of pyridine rings is 1. The summed E-state index contributed by atoms with van der Waals surface area (Å²) in [5.74, 6) is -1.45. The number of aromatic nitrogens is 1. The fourth-order valence-electron chi connectivity index (χ4n) is 2.29. The van der Waals surface area contributed by atoms with Gasteiger partial charge < -0.3 is 19.8 Å². The van der Waals surface area contributed by atoms with Gasteiger partial charge in [-0.2, -0.15) is 13.2 Å². The van der Waals surface area contributed by atoms with Crippen LogP contribution in [0.4, 0.5) is 13.2 Å². The molecule has 0 aliphatic rings. The number of rotatable bonds is 8. The third kappa shape index (κ3) is 6.29. The van der Waals surface area contributed by atoms with Crippen LogP contribution in [0, 0.1) is 5.92 Å². The van der Waals surface area contributed by atoms with Crippen molar-refractivity contribution in [1.82, 2.24) is 15.6 Å². The molecule has 0 bridgehead atoms. The number of alkyl halides is 3. The summed E-state index contributed by atoms with van der Waals surface area (Å²) in [7, 11) is 0. The van der Waals surface area contributed by atoms with Gasteiger partial charge in [0.25, 0.3) is 5.91 Å². The third-order valence-corrected chi connectivity index (χ3v) is 3.66. The molecule has 2 aromatic rings. The second kappa shape index (κ2) is 9.25. The first-order chi connectivity index (χ1) is 13.2. The minimum absolute atomic E-state index is 0.0635. The van der Waals surface area contributed by atoms with Gasteiger partial charge in [0, 0.05) is 18.3 Å². The SMILES string of the molecule is CC(C)C(NC(=O)c1ccco1)C(=O)NCc1cccnc1OCC(F)(F)F. The van der Waals surface area contributed by atoms with Gasteiger partial charge >= 0.3 is 6.18 Å². The lowest BCUT2D eigenvalue weighted by atomic mass is 10.0. The number of amides is 2. The van der Waals surface area contributed by atoms with E-state index in [1.807, 2.05) is 0 Å². The van der Waals surface area contributed by atoms with Gasteiger partial charge in [0.1, 0.15) is 6.04 Å². The van der Waals surface area contributed by atoms with Gasteiger partial charge in [-0.05, 0) is 24.1 Å². The number of carbonyl (C=O) groups excluding carboxylic acids is 2. The van der Waals surface area contributed by atoms with Crippen LogP contribution >= 0.6 is 0 Å². The molecule has 0 aliphatic carbocycles. The van der Waals surface area contributed by atoms with Gasteiger partial charge in [0.2, 0.25) is 11.8 Å². The van der Waals surface area contributed by atoms with Crippen molar-refractivity contribution in [3.63, 3.8) is 0 Å². The van der Waals surface area contributed by atoms with Crippen molar-refractivity contribution in [2.45, 2.75) is 32.6 Å². The molecule has 0 saturated heterocycles. The largest absolute Gasteiger partial charge is 0.468 e. The van der Waals surface area contributed by atoms with Crippen LogP contribution in [0.1, 0.15) is 30.0 Å². The summed E-state index contributed by atoms with van der Waals surface area (Å²) in [5.41, 5.74) is 0.278. The van der Waals surface area contributed by atoms with Crippen molar-refractivity contribution in [3.8, 4) is 5.88 Å². The molecule has 1 unspecified atom stereocenters. The molecular weight excluding hydrogens is 379 g/mol. The van der Waals surface area contributed by atoms with Crippen molar-refractivity contribution in [3.05, 3.63) is 48.0 Å². The van der Waals surface area contributed by atoms with Gasteiger partial charge in [-0.3, -0.25) is 9.59 Å². The number of hydrogen-bond acceptors (Lipinski definition) is 5. The number of hydrogen-bond donors (Lipinski definition) is 2. The van der Waals surface area contributed by atoms with Crippen LogP contribution in [-0.2, 0) is 11.3 Å². The molecule has 2 amide bonds. The Labute approximate surface area is 159 Å². The lowest BCUT2D eigenvalue weighted by molar-refractivity contribution is -0.154. The number of furan rings is 1. The molecule has 28 heavy (non-hydrogen) atoms. The quantitative estimate of drug-likeness (QED) is 0.712. The lowest BCUT2D eigenvalue weighted by Gasteiger charge is -2.21. The molecular formula is C18H20F3N3O4. The van der Waals surface area contributed by atoms with E-state index in [9.17, 15) is 22.8 Å². The average molecular weight is 399 g/mol. The zero-order valence-electron chi connectivity index (χ0n) is 15.2. The molecule has 0 spiro atoms. The molecule has 0 aromatic carbocycles. The Morgan fingerprint density at radius 2 is 2.00 bits per heavy atom. The Bertz CT molecular complexity index is 792. The van der Waals surface area contributed by atoms with Crippen LogP contribution in [0.25, 0.3) is 0 Å². The summed E-state index contributed by atoms with van der Waals surface area (Å²) in [5, 5.41) is 5.16. The molecule has 1 atom stereocenters. The summed E-state index contributed by atoms with van der Waals surface area (Å²) in [6, 6.07) is 5.15. The number of nitrogens with one attached hydrogen (secondary N) is 2. The van der Waals surface area contributed by atoms with Crippen LogP contribution < -0.4 is 15.4 Å². The van der Waals surface area contributed by atoms with Crippen LogP contribution in [-0.4, -0.2) is 35.6 Å². The predicted molar refractivity (Wildman–Crippen MR) is 92.4 cm³/mol. The fourth-order valence-corrected chi connectivity index (χ4v) is 2.29. The van der Waals surface area contributed by atoms with Gasteiger partial charge in [0.05, 0.1) is 6.26 Å². The van der Waals surface area contributed by atoms with Crippen molar-refractivity contribution in [2.24, 2.45) is 5.92 Å². The Balaban J connectivity index is 2.00. The number of carbonyl (C=O) groups is 2. The first-order valence-corrected chi connectivity index (χ1v) is 8.43. The first kappa shape index (κ1) is 21.3. The van der Waals surface area contributed by atoms with Gasteiger partial charge in [-0.15, -0.1) is 0 Å². The standard InChI is InChI=1S/C18H20F3N3O4/c1-11(2)14(24-15(25)13-6-4-8-27-13)16(26)23-9-12-5-3-7-22-17(12)28-10-18(19,20)21/h3-8,11,14H,9-10H2,1-2H3,(H,23,26)(H,24,25). The van der Waals surface area contributed by atoms with Gasteiger partial charge in [-0.25, -0.2) is 4.98 Å². The highest BCUT2D eigenvalue weighted by Crippen LogP contribution is 2.20. The van der Waals surface area contributed by atoms with E-state index in [0.717, 1.165) is 0 Å². The summed E-state index contributed by atoms with van der Waals surface area (Å²) in [4.78, 5) is 28.4. The number of ether oxygens (including phenoxy) is 1. The van der Waals surface area contributed by atoms with E-state index in [0.29, 0.717) is 0 Å². The Kier molecular flexibility index (Phi) is 7.02. The molecule has 0 aliphatic heterocycles. The molecule has 0 fully saturated rings. The molecule has 2 aromatic heterocycles. The van der Waals surface area contributed by atoms with Gasteiger partial charge in [-0.1, -0.05) is 19.9 Å². The zero-order chi connectivity index (χ0) is 20.7. The molecule has 2 N–H and O–H groups in total. The Morgan fingerprint density at radius 1 is 1.25 bits per heavy atom. The maximum absolute atomic E-state index is 12.5. The van der Waals surface area contributed by atoms with Crippen molar-refractivity contribution >= 4 is 11.8 Å². The van der Waals surface area contributed by atoms with Crippen LogP contribution in [0.15, 0.2) is 41.1 Å². The summed E-state index contributed by atoms with van der Waals surface area (Å²) < 4.78 is 46.7. The third-order valence-electron chi connectivity index (χ3n) is 3.66. The van der Waals surface area contributed by atoms with E-state index in [-0.39, 0.29) is 29.7 Å². The molecule has 0 radical (unpaired) electrons. The molecule has 152 valence electrons. The zero-order valence-corrected chi connectivity index (χ0v) is 15.2. The predicted octanol–water partition coefficient (Wildman–Crippen LogP) is 2.69. The minimum atomic E-state index is -4.50. The van der Waals surface area contributed by atoms with Crippen LogP contribution in [0.2, 0.25) is 0 Å². The van der Waals surface area contributed by atoms with E-state index in [1.54, 1.807) is 19.9 Å². The highest BCUT2D eigenvalue weighted by atomic mass is 19.4. The van der Waals surface area contributed by atoms with Gasteiger partial charge in [0.15, 0.2) is 12.4 Å². The van der Waals surface area contributed by atoms with E-state index in [2.05, 4.69) is 20.4 Å². The van der Waals surface area contributed by atoms with Crippen LogP contribution in [0.3, 0.4) is 0 Å². The first-order valence-electron chi connectivity index (χ1n) is 8.43.